The van der Waals surface area contributed by atoms with Crippen molar-refractivity contribution < 1.29 is 4.74 Å². The van der Waals surface area contributed by atoms with Gasteiger partial charge in [-0.1, -0.05) is 26.0 Å². The van der Waals surface area contributed by atoms with Crippen molar-refractivity contribution in [1.29, 1.82) is 0 Å². The number of rotatable bonds is 7. The first kappa shape index (κ1) is 15.3. The largest absolute Gasteiger partial charge is 0.497 e. The highest BCUT2D eigenvalue weighted by atomic mass is 16.5. The standard InChI is InChI=1S/C15H25N3O/c1-12(2)11-18-15(16)17-10-4-5-13-6-8-14(19-3)9-7-13/h6-9,12H,4-5,10-11H2,1-3H3,(H3,16,17,18). The lowest BCUT2D eigenvalue weighted by Gasteiger charge is -2.07. The number of methoxy groups -OCH3 is 1. The first-order valence-electron chi connectivity index (χ1n) is 6.78. The molecule has 0 saturated carbocycles. The van der Waals surface area contributed by atoms with Crippen molar-refractivity contribution in [2.24, 2.45) is 16.6 Å². The van der Waals surface area contributed by atoms with Crippen LogP contribution in [0.4, 0.5) is 0 Å². The van der Waals surface area contributed by atoms with Gasteiger partial charge in [-0.05, 0) is 36.5 Å². The van der Waals surface area contributed by atoms with Gasteiger partial charge in [0.2, 0.25) is 0 Å². The summed E-state index contributed by atoms with van der Waals surface area (Å²) in [6.45, 7) is 5.87. The zero-order chi connectivity index (χ0) is 14.1. The molecule has 0 fully saturated rings. The van der Waals surface area contributed by atoms with E-state index in [-0.39, 0.29) is 0 Å². The summed E-state index contributed by atoms with van der Waals surface area (Å²) in [7, 11) is 1.68. The fourth-order valence-electron chi connectivity index (χ4n) is 1.64. The van der Waals surface area contributed by atoms with Crippen molar-refractivity contribution >= 4 is 5.96 Å². The number of guanidine groups is 1. The summed E-state index contributed by atoms with van der Waals surface area (Å²) < 4.78 is 5.13. The smallest absolute Gasteiger partial charge is 0.188 e. The Morgan fingerprint density at radius 1 is 1.32 bits per heavy atom. The maximum absolute atomic E-state index is 5.76. The lowest BCUT2D eigenvalue weighted by Crippen LogP contribution is -2.33. The second kappa shape index (κ2) is 8.40. The Balaban J connectivity index is 2.21. The zero-order valence-electron chi connectivity index (χ0n) is 12.1. The Kier molecular flexibility index (Phi) is 6.79. The minimum atomic E-state index is 0.541. The summed E-state index contributed by atoms with van der Waals surface area (Å²) in [6.07, 6.45) is 2.05. The minimum Gasteiger partial charge on any atom is -0.497 e. The maximum atomic E-state index is 5.76. The van der Waals surface area contributed by atoms with Gasteiger partial charge in [-0.3, -0.25) is 4.99 Å². The van der Waals surface area contributed by atoms with E-state index in [1.807, 2.05) is 12.1 Å². The Bertz CT molecular complexity index is 385. The number of hydrogen-bond acceptors (Lipinski definition) is 2. The van der Waals surface area contributed by atoms with Crippen LogP contribution < -0.4 is 15.8 Å². The van der Waals surface area contributed by atoms with E-state index in [9.17, 15) is 0 Å². The molecule has 0 atom stereocenters. The number of nitrogens with one attached hydrogen (secondary N) is 1. The number of hydrogen-bond donors (Lipinski definition) is 2. The monoisotopic (exact) mass is 263 g/mol. The topological polar surface area (TPSA) is 59.6 Å². The van der Waals surface area contributed by atoms with Gasteiger partial charge in [0, 0.05) is 13.1 Å². The number of ether oxygens (including phenoxy) is 1. The van der Waals surface area contributed by atoms with Gasteiger partial charge in [0.15, 0.2) is 5.96 Å². The molecule has 0 bridgehead atoms. The molecule has 1 aromatic rings. The Hall–Kier alpha value is -1.71. The molecule has 19 heavy (non-hydrogen) atoms. The molecule has 0 aliphatic rings. The fourth-order valence-corrected chi connectivity index (χ4v) is 1.64. The molecule has 106 valence electrons. The fraction of sp³-hybridized carbons (Fsp3) is 0.533. The van der Waals surface area contributed by atoms with E-state index in [1.54, 1.807) is 7.11 Å². The van der Waals surface area contributed by atoms with Gasteiger partial charge < -0.3 is 15.8 Å². The van der Waals surface area contributed by atoms with E-state index in [2.05, 4.69) is 36.3 Å². The molecule has 0 heterocycles. The average Bonchev–Trinajstić information content (AvgIpc) is 2.42. The van der Waals surface area contributed by atoms with Crippen LogP contribution in [0.2, 0.25) is 0 Å². The lowest BCUT2D eigenvalue weighted by molar-refractivity contribution is 0.414. The van der Waals surface area contributed by atoms with E-state index in [0.717, 1.165) is 31.7 Å². The lowest BCUT2D eigenvalue weighted by atomic mass is 10.1. The van der Waals surface area contributed by atoms with Crippen LogP contribution in [0.15, 0.2) is 29.3 Å². The van der Waals surface area contributed by atoms with Crippen LogP contribution in [0.5, 0.6) is 5.75 Å². The normalized spacial score (nSPS) is 11.7. The molecule has 1 rings (SSSR count). The van der Waals surface area contributed by atoms with Crippen LogP contribution >= 0.6 is 0 Å². The van der Waals surface area contributed by atoms with Gasteiger partial charge in [0.1, 0.15) is 5.75 Å². The summed E-state index contributed by atoms with van der Waals surface area (Å²) in [4.78, 5) is 4.26. The van der Waals surface area contributed by atoms with Crippen molar-refractivity contribution in [3.63, 3.8) is 0 Å². The maximum Gasteiger partial charge on any atom is 0.188 e. The summed E-state index contributed by atoms with van der Waals surface area (Å²) in [5.41, 5.74) is 7.07. The second-order valence-corrected chi connectivity index (χ2v) is 5.00. The van der Waals surface area contributed by atoms with E-state index >= 15 is 0 Å². The quantitative estimate of drug-likeness (QED) is 0.450. The van der Waals surface area contributed by atoms with Gasteiger partial charge in [-0.15, -0.1) is 0 Å². The summed E-state index contributed by atoms with van der Waals surface area (Å²) >= 11 is 0. The van der Waals surface area contributed by atoms with Gasteiger partial charge in [0.05, 0.1) is 7.11 Å². The van der Waals surface area contributed by atoms with Gasteiger partial charge in [-0.25, -0.2) is 0 Å². The highest BCUT2D eigenvalue weighted by Crippen LogP contribution is 2.12. The molecule has 0 aromatic heterocycles. The summed E-state index contributed by atoms with van der Waals surface area (Å²) in [6, 6.07) is 8.16. The van der Waals surface area contributed by atoms with Gasteiger partial charge >= 0.3 is 0 Å². The third kappa shape index (κ3) is 6.70. The molecule has 0 aliphatic heterocycles. The first-order valence-corrected chi connectivity index (χ1v) is 6.78. The molecule has 0 radical (unpaired) electrons. The Labute approximate surface area is 116 Å². The number of aryl methyl sites for hydroxylation is 1. The van der Waals surface area contributed by atoms with Crippen molar-refractivity contribution in [3.8, 4) is 5.75 Å². The molecule has 0 saturated heterocycles. The highest BCUT2D eigenvalue weighted by molar-refractivity contribution is 5.77. The molecule has 3 N–H and O–H groups in total. The molecule has 0 unspecified atom stereocenters. The number of nitrogens with zero attached hydrogens (tertiary/aromatic N) is 1. The van der Waals surface area contributed by atoms with E-state index in [1.165, 1.54) is 5.56 Å². The van der Waals surface area contributed by atoms with Crippen LogP contribution in [0.1, 0.15) is 25.8 Å². The van der Waals surface area contributed by atoms with Crippen molar-refractivity contribution in [3.05, 3.63) is 29.8 Å². The molecule has 4 heteroatoms. The SMILES string of the molecule is COc1ccc(CCCNC(N)=NCC(C)C)cc1. The van der Waals surface area contributed by atoms with E-state index < -0.39 is 0 Å². The van der Waals surface area contributed by atoms with Crippen LogP contribution in [0.25, 0.3) is 0 Å². The Morgan fingerprint density at radius 3 is 2.58 bits per heavy atom. The first-order chi connectivity index (χ1) is 9.11. The number of aliphatic imine (C=N–C) groups is 1. The van der Waals surface area contributed by atoms with Gasteiger partial charge in [-0.2, -0.15) is 0 Å². The highest BCUT2D eigenvalue weighted by Gasteiger charge is 1.96. The van der Waals surface area contributed by atoms with Gasteiger partial charge in [0.25, 0.3) is 0 Å². The second-order valence-electron chi connectivity index (χ2n) is 5.00. The number of nitrogens with two attached hydrogens (primary N) is 1. The molecule has 1 aromatic carbocycles. The predicted molar refractivity (Wildman–Crippen MR) is 80.6 cm³/mol. The van der Waals surface area contributed by atoms with Crippen molar-refractivity contribution in [2.75, 3.05) is 20.2 Å². The predicted octanol–water partition coefficient (Wildman–Crippen LogP) is 2.19. The third-order valence-electron chi connectivity index (χ3n) is 2.73. The number of benzene rings is 1. The van der Waals surface area contributed by atoms with E-state index in [0.29, 0.717) is 11.9 Å². The third-order valence-corrected chi connectivity index (χ3v) is 2.73. The zero-order valence-corrected chi connectivity index (χ0v) is 12.1. The molecule has 0 aliphatic carbocycles. The molecule has 0 spiro atoms. The van der Waals surface area contributed by atoms with Crippen molar-refractivity contribution in [2.45, 2.75) is 26.7 Å². The summed E-state index contributed by atoms with van der Waals surface area (Å²) in [5, 5.41) is 3.13. The molecular weight excluding hydrogens is 238 g/mol. The van der Waals surface area contributed by atoms with Crippen LogP contribution in [-0.2, 0) is 6.42 Å². The van der Waals surface area contributed by atoms with Crippen LogP contribution in [0.3, 0.4) is 0 Å². The molecule has 0 amide bonds. The van der Waals surface area contributed by atoms with Crippen molar-refractivity contribution in [1.82, 2.24) is 5.32 Å². The summed E-state index contributed by atoms with van der Waals surface area (Å²) in [5.74, 6) is 1.98. The Morgan fingerprint density at radius 2 is 2.00 bits per heavy atom. The minimum absolute atomic E-state index is 0.541. The van der Waals surface area contributed by atoms with Crippen LogP contribution in [-0.4, -0.2) is 26.2 Å². The average molecular weight is 263 g/mol. The molecule has 4 nitrogen and oxygen atoms in total. The van der Waals surface area contributed by atoms with E-state index in [4.69, 9.17) is 10.5 Å². The molecular formula is C15H25N3O. The van der Waals surface area contributed by atoms with Crippen LogP contribution in [0, 0.1) is 5.92 Å².